The van der Waals surface area contributed by atoms with Gasteiger partial charge >= 0.3 is 5.97 Å². The zero-order valence-electron chi connectivity index (χ0n) is 8.96. The summed E-state index contributed by atoms with van der Waals surface area (Å²) < 4.78 is 1.71. The summed E-state index contributed by atoms with van der Waals surface area (Å²) in [5.74, 6) is -1.67. The van der Waals surface area contributed by atoms with Gasteiger partial charge in [0.25, 0.3) is 0 Å². The number of aryl methyl sites for hydroxylation is 1. The van der Waals surface area contributed by atoms with Crippen LogP contribution in [0, 0.1) is 5.92 Å². The maximum absolute atomic E-state index is 11.6. The fourth-order valence-corrected chi connectivity index (χ4v) is 1.79. The molecule has 1 aliphatic rings. The molecule has 1 atom stereocenters. The third-order valence-electron chi connectivity index (χ3n) is 2.73. The number of carbonyl (C=O) groups is 2. The second-order valence-electron chi connectivity index (χ2n) is 3.80. The predicted molar refractivity (Wildman–Crippen MR) is 56.0 cm³/mol. The highest BCUT2D eigenvalue weighted by molar-refractivity contribution is 5.98. The van der Waals surface area contributed by atoms with Crippen LogP contribution in [0.2, 0.25) is 0 Å². The molecule has 0 radical (unpaired) electrons. The zero-order chi connectivity index (χ0) is 11.7. The van der Waals surface area contributed by atoms with Gasteiger partial charge in [0.05, 0.1) is 17.8 Å². The van der Waals surface area contributed by atoms with Crippen LogP contribution in [-0.4, -0.2) is 33.3 Å². The first-order valence-corrected chi connectivity index (χ1v) is 5.17. The van der Waals surface area contributed by atoms with Gasteiger partial charge in [-0.1, -0.05) is 0 Å². The molecule has 16 heavy (non-hydrogen) atoms. The lowest BCUT2D eigenvalue weighted by Crippen LogP contribution is -2.25. The van der Waals surface area contributed by atoms with Gasteiger partial charge < -0.3 is 10.0 Å². The lowest BCUT2D eigenvalue weighted by molar-refractivity contribution is -0.141. The summed E-state index contributed by atoms with van der Waals surface area (Å²) in [4.78, 5) is 23.9. The molecule has 1 N–H and O–H groups in total. The Kier molecular flexibility index (Phi) is 2.64. The molecule has 1 saturated heterocycles. The molecular weight excluding hydrogens is 210 g/mol. The van der Waals surface area contributed by atoms with Crippen LogP contribution in [0.15, 0.2) is 12.4 Å². The van der Waals surface area contributed by atoms with Crippen molar-refractivity contribution in [1.82, 2.24) is 9.78 Å². The SMILES string of the molecule is CCn1cc(N2CC(C(=O)O)CC2=O)cn1. The van der Waals surface area contributed by atoms with Gasteiger partial charge in [-0.2, -0.15) is 5.10 Å². The standard InChI is InChI=1S/C10H13N3O3/c1-2-12-6-8(4-11-12)13-5-7(10(15)16)3-9(13)14/h4,6-7H,2-3,5H2,1H3,(H,15,16). The molecule has 1 unspecified atom stereocenters. The highest BCUT2D eigenvalue weighted by atomic mass is 16.4. The van der Waals surface area contributed by atoms with Crippen molar-refractivity contribution in [2.45, 2.75) is 19.9 Å². The maximum Gasteiger partial charge on any atom is 0.308 e. The van der Waals surface area contributed by atoms with Gasteiger partial charge in [-0.25, -0.2) is 0 Å². The summed E-state index contributed by atoms with van der Waals surface area (Å²) in [7, 11) is 0. The fraction of sp³-hybridized carbons (Fsp3) is 0.500. The number of aromatic nitrogens is 2. The first kappa shape index (κ1) is 10.7. The van der Waals surface area contributed by atoms with E-state index in [0.29, 0.717) is 5.69 Å². The van der Waals surface area contributed by atoms with Gasteiger partial charge in [0.1, 0.15) is 0 Å². The third kappa shape index (κ3) is 1.78. The van der Waals surface area contributed by atoms with Gasteiger partial charge in [-0.3, -0.25) is 14.3 Å². The van der Waals surface area contributed by atoms with Crippen LogP contribution in [0.3, 0.4) is 0 Å². The lowest BCUT2D eigenvalue weighted by Gasteiger charge is -2.12. The van der Waals surface area contributed by atoms with Gasteiger partial charge in [0, 0.05) is 25.7 Å². The molecular formula is C10H13N3O3. The summed E-state index contributed by atoms with van der Waals surface area (Å²) in [6.45, 7) is 2.91. The van der Waals surface area contributed by atoms with Crippen LogP contribution in [0.5, 0.6) is 0 Å². The van der Waals surface area contributed by atoms with Gasteiger partial charge in [-0.05, 0) is 6.92 Å². The minimum atomic E-state index is -0.918. The molecule has 1 fully saturated rings. The molecule has 0 bridgehead atoms. The molecule has 0 saturated carbocycles. The molecule has 1 aromatic rings. The number of aliphatic carboxylic acids is 1. The quantitative estimate of drug-likeness (QED) is 0.801. The number of carbonyl (C=O) groups excluding carboxylic acids is 1. The molecule has 1 aromatic heterocycles. The van der Waals surface area contributed by atoms with Gasteiger partial charge in [0.15, 0.2) is 0 Å². The van der Waals surface area contributed by atoms with E-state index < -0.39 is 11.9 Å². The summed E-state index contributed by atoms with van der Waals surface area (Å²) >= 11 is 0. The van der Waals surface area contributed by atoms with Crippen LogP contribution < -0.4 is 4.90 Å². The molecule has 1 aliphatic heterocycles. The third-order valence-corrected chi connectivity index (χ3v) is 2.73. The number of amides is 1. The van der Waals surface area contributed by atoms with Crippen molar-refractivity contribution in [3.63, 3.8) is 0 Å². The van der Waals surface area contributed by atoms with E-state index in [1.165, 1.54) is 4.90 Å². The minimum absolute atomic E-state index is 0.0760. The molecule has 0 spiro atoms. The van der Waals surface area contributed by atoms with Crippen LogP contribution in [0.4, 0.5) is 5.69 Å². The lowest BCUT2D eigenvalue weighted by atomic mass is 10.1. The summed E-state index contributed by atoms with van der Waals surface area (Å²) in [5, 5.41) is 12.9. The van der Waals surface area contributed by atoms with Crippen molar-refractivity contribution in [3.05, 3.63) is 12.4 Å². The number of hydrogen-bond acceptors (Lipinski definition) is 3. The van der Waals surface area contributed by atoms with E-state index in [2.05, 4.69) is 5.10 Å². The predicted octanol–water partition coefficient (Wildman–Crippen LogP) is 0.340. The Balaban J connectivity index is 2.16. The van der Waals surface area contributed by atoms with Gasteiger partial charge in [0.2, 0.25) is 5.91 Å². The Morgan fingerprint density at radius 1 is 1.69 bits per heavy atom. The van der Waals surface area contributed by atoms with Crippen LogP contribution in [-0.2, 0) is 16.1 Å². The van der Waals surface area contributed by atoms with E-state index in [0.717, 1.165) is 6.54 Å². The average molecular weight is 223 g/mol. The van der Waals surface area contributed by atoms with Crippen LogP contribution in [0.1, 0.15) is 13.3 Å². The molecule has 1 amide bonds. The molecule has 0 aromatic carbocycles. The monoisotopic (exact) mass is 223 g/mol. The topological polar surface area (TPSA) is 75.4 Å². The maximum atomic E-state index is 11.6. The van der Waals surface area contributed by atoms with Crippen LogP contribution in [0.25, 0.3) is 0 Å². The molecule has 2 rings (SSSR count). The smallest absolute Gasteiger partial charge is 0.308 e. The van der Waals surface area contributed by atoms with E-state index in [9.17, 15) is 9.59 Å². The van der Waals surface area contributed by atoms with Gasteiger partial charge in [-0.15, -0.1) is 0 Å². The Hall–Kier alpha value is -1.85. The second-order valence-corrected chi connectivity index (χ2v) is 3.80. The molecule has 2 heterocycles. The minimum Gasteiger partial charge on any atom is -0.481 e. The van der Waals surface area contributed by atoms with Crippen molar-refractivity contribution in [3.8, 4) is 0 Å². The number of rotatable bonds is 3. The van der Waals surface area contributed by atoms with E-state index >= 15 is 0 Å². The number of nitrogens with zero attached hydrogens (tertiary/aromatic N) is 3. The van der Waals surface area contributed by atoms with E-state index in [1.807, 2.05) is 6.92 Å². The number of carboxylic acids is 1. The van der Waals surface area contributed by atoms with Crippen molar-refractivity contribution < 1.29 is 14.7 Å². The first-order chi connectivity index (χ1) is 7.61. The zero-order valence-corrected chi connectivity index (χ0v) is 8.96. The first-order valence-electron chi connectivity index (χ1n) is 5.17. The number of carboxylic acid groups (broad SMARTS) is 1. The van der Waals surface area contributed by atoms with E-state index in [1.54, 1.807) is 17.1 Å². The molecule has 6 heteroatoms. The Morgan fingerprint density at radius 3 is 2.94 bits per heavy atom. The second kappa shape index (κ2) is 3.96. The van der Waals surface area contributed by atoms with Crippen molar-refractivity contribution >= 4 is 17.6 Å². The van der Waals surface area contributed by atoms with Crippen molar-refractivity contribution in [2.24, 2.45) is 5.92 Å². The number of hydrogen-bond donors (Lipinski definition) is 1. The summed E-state index contributed by atoms with van der Waals surface area (Å²) in [6, 6.07) is 0. The normalized spacial score (nSPS) is 20.4. The molecule has 86 valence electrons. The highest BCUT2D eigenvalue weighted by Gasteiger charge is 2.35. The average Bonchev–Trinajstić information content (AvgIpc) is 2.83. The van der Waals surface area contributed by atoms with Crippen molar-refractivity contribution in [1.29, 1.82) is 0 Å². The molecule has 6 nitrogen and oxygen atoms in total. The Morgan fingerprint density at radius 2 is 2.44 bits per heavy atom. The number of anilines is 1. The largest absolute Gasteiger partial charge is 0.481 e. The molecule has 0 aliphatic carbocycles. The fourth-order valence-electron chi connectivity index (χ4n) is 1.79. The van der Waals surface area contributed by atoms with E-state index in [-0.39, 0.29) is 18.9 Å². The summed E-state index contributed by atoms with van der Waals surface area (Å²) in [5.41, 5.74) is 0.676. The Bertz CT molecular complexity index is 427. The highest BCUT2D eigenvalue weighted by Crippen LogP contribution is 2.24. The van der Waals surface area contributed by atoms with Crippen LogP contribution >= 0.6 is 0 Å². The van der Waals surface area contributed by atoms with E-state index in [4.69, 9.17) is 5.11 Å². The van der Waals surface area contributed by atoms with Crippen molar-refractivity contribution in [2.75, 3.05) is 11.4 Å². The summed E-state index contributed by atoms with van der Waals surface area (Å²) in [6.07, 6.45) is 3.42. The Labute approximate surface area is 92.5 Å².